The highest BCUT2D eigenvalue weighted by molar-refractivity contribution is 5.95. The molecule has 146 valence electrons. The fraction of sp³-hybridized carbons (Fsp3) is 0.174. The van der Waals surface area contributed by atoms with Crippen LogP contribution in [-0.2, 0) is 19.3 Å². The minimum Gasteiger partial charge on any atom is -0.365 e. The summed E-state index contributed by atoms with van der Waals surface area (Å²) in [4.78, 5) is 12.1. The van der Waals surface area contributed by atoms with Crippen LogP contribution in [-0.4, -0.2) is 26.3 Å². The van der Waals surface area contributed by atoms with E-state index in [1.807, 2.05) is 30.3 Å². The molecule has 6 heteroatoms. The van der Waals surface area contributed by atoms with E-state index in [9.17, 15) is 4.79 Å². The Morgan fingerprint density at radius 3 is 2.31 bits per heavy atom. The van der Waals surface area contributed by atoms with Crippen LogP contribution in [0.5, 0.6) is 0 Å². The van der Waals surface area contributed by atoms with Gasteiger partial charge in [0.1, 0.15) is 0 Å². The van der Waals surface area contributed by atoms with E-state index in [1.54, 1.807) is 6.20 Å². The number of nitrogens with two attached hydrogens (primary N) is 1. The van der Waals surface area contributed by atoms with E-state index in [0.29, 0.717) is 18.4 Å². The molecule has 0 saturated carbocycles. The maximum Gasteiger partial charge on any atom is 0.252 e. The van der Waals surface area contributed by atoms with E-state index in [1.165, 1.54) is 11.1 Å². The summed E-state index contributed by atoms with van der Waals surface area (Å²) in [6, 6.07) is 18.4. The van der Waals surface area contributed by atoms with Crippen molar-refractivity contribution in [1.29, 1.82) is 0 Å². The molecule has 0 unspecified atom stereocenters. The van der Waals surface area contributed by atoms with Gasteiger partial charge in [-0.05, 0) is 42.5 Å². The summed E-state index contributed by atoms with van der Waals surface area (Å²) in [6.07, 6.45) is 3.77. The molecule has 0 aliphatic rings. The van der Waals surface area contributed by atoms with Crippen molar-refractivity contribution in [3.05, 3.63) is 94.4 Å². The largest absolute Gasteiger partial charge is 0.365 e. The number of aromatic nitrogens is 4. The number of nitrogens with one attached hydrogen (secondary N) is 2. The Bertz CT molecular complexity index is 1090. The first-order valence-electron chi connectivity index (χ1n) is 9.60. The molecule has 0 saturated heterocycles. The molecule has 2 heterocycles. The summed E-state index contributed by atoms with van der Waals surface area (Å²) in [6.45, 7) is 2.07. The van der Waals surface area contributed by atoms with Crippen molar-refractivity contribution >= 4 is 5.91 Å². The van der Waals surface area contributed by atoms with Crippen molar-refractivity contribution in [1.82, 2.24) is 20.4 Å². The Hall–Kier alpha value is -3.67. The molecule has 2 aromatic carbocycles. The van der Waals surface area contributed by atoms with Gasteiger partial charge in [-0.3, -0.25) is 15.0 Å². The first kappa shape index (κ1) is 18.7. The number of carbonyl (C=O) groups excluding carboxylic acids is 1. The molecule has 2 aromatic heterocycles. The van der Waals surface area contributed by atoms with Crippen LogP contribution in [0.15, 0.2) is 60.8 Å². The third-order valence-electron chi connectivity index (χ3n) is 5.08. The number of primary amides is 1. The molecule has 0 spiro atoms. The maximum atomic E-state index is 12.1. The quantitative estimate of drug-likeness (QED) is 0.453. The minimum absolute atomic E-state index is 0.443. The number of aromatic amines is 2. The van der Waals surface area contributed by atoms with Gasteiger partial charge in [0, 0.05) is 12.6 Å². The van der Waals surface area contributed by atoms with Crippen molar-refractivity contribution in [2.45, 2.75) is 26.2 Å². The molecule has 0 aliphatic heterocycles. The highest BCUT2D eigenvalue weighted by atomic mass is 16.1. The van der Waals surface area contributed by atoms with Crippen LogP contribution in [0.3, 0.4) is 0 Å². The number of carbonyl (C=O) groups is 1. The van der Waals surface area contributed by atoms with E-state index in [2.05, 4.69) is 51.6 Å². The van der Waals surface area contributed by atoms with Crippen LogP contribution < -0.4 is 5.73 Å². The zero-order valence-electron chi connectivity index (χ0n) is 16.3. The van der Waals surface area contributed by atoms with Crippen molar-refractivity contribution in [3.63, 3.8) is 0 Å². The number of hydrogen-bond donors (Lipinski definition) is 3. The normalized spacial score (nSPS) is 10.9. The number of amides is 1. The van der Waals surface area contributed by atoms with Gasteiger partial charge in [-0.2, -0.15) is 10.2 Å². The fourth-order valence-corrected chi connectivity index (χ4v) is 3.46. The zero-order valence-corrected chi connectivity index (χ0v) is 16.3. The van der Waals surface area contributed by atoms with Crippen LogP contribution in [0.25, 0.3) is 11.3 Å². The summed E-state index contributed by atoms with van der Waals surface area (Å²) in [7, 11) is 0. The lowest BCUT2D eigenvalue weighted by molar-refractivity contribution is 0.0998. The van der Waals surface area contributed by atoms with Crippen molar-refractivity contribution in [2.75, 3.05) is 0 Å². The molecular weight excluding hydrogens is 362 g/mol. The predicted octanol–water partition coefficient (Wildman–Crippen LogP) is 3.58. The average molecular weight is 385 g/mol. The Morgan fingerprint density at radius 2 is 1.66 bits per heavy atom. The molecular formula is C23H23N5O. The van der Waals surface area contributed by atoms with Crippen LogP contribution in [0.1, 0.15) is 38.4 Å². The summed E-state index contributed by atoms with van der Waals surface area (Å²) in [5, 5.41) is 14.3. The highest BCUT2D eigenvalue weighted by Gasteiger charge is 2.18. The summed E-state index contributed by atoms with van der Waals surface area (Å²) in [5.74, 6) is -0.443. The summed E-state index contributed by atoms with van der Waals surface area (Å²) >= 11 is 0. The van der Waals surface area contributed by atoms with Gasteiger partial charge in [0.2, 0.25) is 0 Å². The zero-order chi connectivity index (χ0) is 20.2. The van der Waals surface area contributed by atoms with Crippen LogP contribution in [0.2, 0.25) is 0 Å². The third kappa shape index (κ3) is 4.27. The lowest BCUT2D eigenvalue weighted by atomic mass is 10.00. The SMILES string of the molecule is Cc1ccc(CCc2n[nH]c(Cc3ccc(-c4ccn[nH]4)cc3)c2C(N)=O)cc1. The van der Waals surface area contributed by atoms with E-state index in [4.69, 9.17) is 5.73 Å². The van der Waals surface area contributed by atoms with Gasteiger partial charge in [-0.25, -0.2) is 0 Å². The van der Waals surface area contributed by atoms with Gasteiger partial charge in [0.25, 0.3) is 5.91 Å². The molecule has 4 N–H and O–H groups in total. The van der Waals surface area contributed by atoms with Gasteiger partial charge >= 0.3 is 0 Å². The van der Waals surface area contributed by atoms with E-state index in [-0.39, 0.29) is 0 Å². The van der Waals surface area contributed by atoms with Gasteiger partial charge in [-0.1, -0.05) is 54.1 Å². The van der Waals surface area contributed by atoms with Crippen LogP contribution >= 0.6 is 0 Å². The van der Waals surface area contributed by atoms with E-state index >= 15 is 0 Å². The molecule has 1 amide bonds. The highest BCUT2D eigenvalue weighted by Crippen LogP contribution is 2.21. The second-order valence-electron chi connectivity index (χ2n) is 7.22. The predicted molar refractivity (Wildman–Crippen MR) is 113 cm³/mol. The molecule has 0 atom stereocenters. The van der Waals surface area contributed by atoms with Gasteiger partial charge in [0.15, 0.2) is 0 Å². The summed E-state index contributed by atoms with van der Waals surface area (Å²) < 4.78 is 0. The Morgan fingerprint density at radius 1 is 0.931 bits per heavy atom. The lowest BCUT2D eigenvalue weighted by Crippen LogP contribution is -2.15. The van der Waals surface area contributed by atoms with Crippen molar-refractivity contribution < 1.29 is 4.79 Å². The van der Waals surface area contributed by atoms with Gasteiger partial charge in [0.05, 0.1) is 22.6 Å². The minimum atomic E-state index is -0.443. The molecule has 6 nitrogen and oxygen atoms in total. The van der Waals surface area contributed by atoms with Crippen molar-refractivity contribution in [2.24, 2.45) is 5.73 Å². The standard InChI is InChI=1S/C23H23N5O/c1-15-2-4-16(5-3-15)8-11-20-22(23(24)29)21(28-27-20)14-17-6-9-18(10-7-17)19-12-13-25-26-19/h2-7,9-10,12-13H,8,11,14H2,1H3,(H2,24,29)(H,25,26)(H,27,28). The lowest BCUT2D eigenvalue weighted by Gasteiger charge is -2.05. The smallest absolute Gasteiger partial charge is 0.252 e. The van der Waals surface area contributed by atoms with Crippen LogP contribution in [0.4, 0.5) is 0 Å². The van der Waals surface area contributed by atoms with Crippen LogP contribution in [0, 0.1) is 6.92 Å². The van der Waals surface area contributed by atoms with Gasteiger partial charge in [-0.15, -0.1) is 0 Å². The second-order valence-corrected chi connectivity index (χ2v) is 7.22. The molecule has 0 aliphatic carbocycles. The summed E-state index contributed by atoms with van der Waals surface area (Å²) in [5.41, 5.74) is 13.2. The molecule has 0 fully saturated rings. The monoisotopic (exact) mass is 385 g/mol. The first-order chi connectivity index (χ1) is 14.1. The van der Waals surface area contributed by atoms with Crippen molar-refractivity contribution in [3.8, 4) is 11.3 Å². The Kier molecular flexibility index (Phi) is 5.24. The molecule has 29 heavy (non-hydrogen) atoms. The molecule has 4 aromatic rings. The number of nitrogens with zero attached hydrogens (tertiary/aromatic N) is 2. The third-order valence-corrected chi connectivity index (χ3v) is 5.08. The fourth-order valence-electron chi connectivity index (χ4n) is 3.46. The number of H-pyrrole nitrogens is 2. The van der Waals surface area contributed by atoms with E-state index in [0.717, 1.165) is 34.6 Å². The molecule has 0 bridgehead atoms. The van der Waals surface area contributed by atoms with Gasteiger partial charge < -0.3 is 5.73 Å². The Labute approximate surface area is 169 Å². The topological polar surface area (TPSA) is 100 Å². The van der Waals surface area contributed by atoms with E-state index < -0.39 is 5.91 Å². The average Bonchev–Trinajstić information content (AvgIpc) is 3.38. The molecule has 0 radical (unpaired) electrons. The first-order valence-corrected chi connectivity index (χ1v) is 9.60. The Balaban J connectivity index is 1.50. The second kappa shape index (κ2) is 8.14. The number of hydrogen-bond acceptors (Lipinski definition) is 3. The molecule has 4 rings (SSSR count). The number of benzene rings is 2. The number of rotatable bonds is 7. The number of aryl methyl sites for hydroxylation is 3. The maximum absolute atomic E-state index is 12.1.